The van der Waals surface area contributed by atoms with Crippen molar-refractivity contribution in [3.63, 3.8) is 0 Å². The van der Waals surface area contributed by atoms with Gasteiger partial charge in [-0.1, -0.05) is 30.3 Å². The summed E-state index contributed by atoms with van der Waals surface area (Å²) in [6.45, 7) is 8.06. The van der Waals surface area contributed by atoms with E-state index in [1.165, 1.54) is 5.56 Å². The first kappa shape index (κ1) is 11.4. The Kier molecular flexibility index (Phi) is 4.48. The molecule has 15 heavy (non-hydrogen) atoms. The zero-order chi connectivity index (χ0) is 11.1. The van der Waals surface area contributed by atoms with Crippen LogP contribution in [-0.2, 0) is 6.54 Å². The van der Waals surface area contributed by atoms with E-state index in [9.17, 15) is 0 Å². The normalized spacial score (nSPS) is 12.7. The lowest BCUT2D eigenvalue weighted by Crippen LogP contribution is -1.89. The van der Waals surface area contributed by atoms with Crippen molar-refractivity contribution >= 4 is 12.4 Å². The van der Waals surface area contributed by atoms with Gasteiger partial charge in [0.15, 0.2) is 0 Å². The average Bonchev–Trinajstić information content (AvgIpc) is 2.27. The molecule has 0 bridgehead atoms. The standard InChI is InChI=1S/C13H16N2/c1-11(14-3)9-12(2)15-10-13-7-5-4-6-8-13/h4-9H,3,10H2,1-2H3/b11-9-,15-12?. The van der Waals surface area contributed by atoms with E-state index in [2.05, 4.69) is 28.8 Å². The minimum Gasteiger partial charge on any atom is -0.285 e. The van der Waals surface area contributed by atoms with Gasteiger partial charge >= 0.3 is 0 Å². The lowest BCUT2D eigenvalue weighted by Gasteiger charge is -1.97. The molecule has 0 aliphatic heterocycles. The second-order valence-electron chi connectivity index (χ2n) is 3.39. The molecular weight excluding hydrogens is 184 g/mol. The molecule has 0 saturated carbocycles. The highest BCUT2D eigenvalue weighted by Crippen LogP contribution is 2.01. The van der Waals surface area contributed by atoms with Crippen LogP contribution in [0.2, 0.25) is 0 Å². The van der Waals surface area contributed by atoms with Crippen LogP contribution in [0.4, 0.5) is 0 Å². The molecule has 1 aromatic rings. The zero-order valence-electron chi connectivity index (χ0n) is 9.27. The monoisotopic (exact) mass is 200 g/mol. The van der Waals surface area contributed by atoms with Crippen molar-refractivity contribution in [2.75, 3.05) is 0 Å². The predicted octanol–water partition coefficient (Wildman–Crippen LogP) is 3.25. The molecule has 0 aliphatic carbocycles. The van der Waals surface area contributed by atoms with Crippen LogP contribution >= 0.6 is 0 Å². The average molecular weight is 200 g/mol. The van der Waals surface area contributed by atoms with Crippen molar-refractivity contribution in [1.29, 1.82) is 0 Å². The van der Waals surface area contributed by atoms with E-state index in [1.807, 2.05) is 38.1 Å². The summed E-state index contributed by atoms with van der Waals surface area (Å²) in [6.07, 6.45) is 1.93. The van der Waals surface area contributed by atoms with Crippen LogP contribution in [0.15, 0.2) is 52.1 Å². The Labute approximate surface area is 91.1 Å². The smallest absolute Gasteiger partial charge is 0.0642 e. The number of aliphatic imine (C=N–C) groups is 2. The summed E-state index contributed by atoms with van der Waals surface area (Å²) >= 11 is 0. The first-order valence-electron chi connectivity index (χ1n) is 4.92. The van der Waals surface area contributed by atoms with E-state index >= 15 is 0 Å². The van der Waals surface area contributed by atoms with E-state index in [0.29, 0.717) is 6.54 Å². The third-order valence-corrected chi connectivity index (χ3v) is 2.02. The number of allylic oxidation sites excluding steroid dienone is 2. The van der Waals surface area contributed by atoms with E-state index in [0.717, 1.165) is 11.4 Å². The fourth-order valence-electron chi connectivity index (χ4n) is 1.19. The van der Waals surface area contributed by atoms with Gasteiger partial charge in [-0.05, 0) is 32.2 Å². The van der Waals surface area contributed by atoms with Crippen LogP contribution in [0.3, 0.4) is 0 Å². The van der Waals surface area contributed by atoms with Crippen molar-refractivity contribution in [3.8, 4) is 0 Å². The number of hydrogen-bond acceptors (Lipinski definition) is 2. The Hall–Kier alpha value is -1.70. The highest BCUT2D eigenvalue weighted by Gasteiger charge is 1.90. The summed E-state index contributed by atoms with van der Waals surface area (Å²) in [6, 6.07) is 10.2. The maximum absolute atomic E-state index is 4.43. The lowest BCUT2D eigenvalue weighted by atomic mass is 10.2. The highest BCUT2D eigenvalue weighted by atomic mass is 14.7. The molecule has 0 heterocycles. The van der Waals surface area contributed by atoms with Crippen LogP contribution in [0.25, 0.3) is 0 Å². The molecule has 1 aromatic carbocycles. The van der Waals surface area contributed by atoms with E-state index < -0.39 is 0 Å². The molecule has 0 radical (unpaired) electrons. The maximum Gasteiger partial charge on any atom is 0.0642 e. The second kappa shape index (κ2) is 5.91. The first-order valence-corrected chi connectivity index (χ1v) is 4.92. The molecule has 0 unspecified atom stereocenters. The zero-order valence-corrected chi connectivity index (χ0v) is 9.27. The Balaban J connectivity index is 2.62. The van der Waals surface area contributed by atoms with Gasteiger partial charge in [-0.2, -0.15) is 0 Å². The molecule has 0 saturated heterocycles. The molecule has 0 N–H and O–H groups in total. The number of nitrogens with zero attached hydrogens (tertiary/aromatic N) is 2. The maximum atomic E-state index is 4.43. The van der Waals surface area contributed by atoms with Crippen molar-refractivity contribution in [3.05, 3.63) is 47.7 Å². The molecule has 0 atom stereocenters. The molecule has 2 heteroatoms. The minimum absolute atomic E-state index is 0.716. The Morgan fingerprint density at radius 3 is 2.53 bits per heavy atom. The van der Waals surface area contributed by atoms with E-state index in [4.69, 9.17) is 0 Å². The van der Waals surface area contributed by atoms with Gasteiger partial charge in [-0.15, -0.1) is 0 Å². The highest BCUT2D eigenvalue weighted by molar-refractivity contribution is 5.93. The molecule has 0 amide bonds. The lowest BCUT2D eigenvalue weighted by molar-refractivity contribution is 1.07. The summed E-state index contributed by atoms with van der Waals surface area (Å²) in [7, 11) is 0. The van der Waals surface area contributed by atoms with Crippen LogP contribution in [0, 0.1) is 0 Å². The molecular formula is C13H16N2. The summed E-state index contributed by atoms with van der Waals surface area (Å²) in [5, 5.41) is 0. The van der Waals surface area contributed by atoms with Gasteiger partial charge in [0.25, 0.3) is 0 Å². The van der Waals surface area contributed by atoms with Crippen molar-refractivity contribution < 1.29 is 0 Å². The number of hydrogen-bond donors (Lipinski definition) is 0. The Bertz CT molecular complexity index is 375. The quantitative estimate of drug-likeness (QED) is 0.666. The fourth-order valence-corrected chi connectivity index (χ4v) is 1.19. The molecule has 1 rings (SSSR count). The Morgan fingerprint density at radius 1 is 1.27 bits per heavy atom. The second-order valence-corrected chi connectivity index (χ2v) is 3.39. The van der Waals surface area contributed by atoms with Crippen LogP contribution in [-0.4, -0.2) is 12.4 Å². The molecule has 0 aromatic heterocycles. The third-order valence-electron chi connectivity index (χ3n) is 2.02. The summed E-state index contributed by atoms with van der Waals surface area (Å²) in [5.41, 5.74) is 3.09. The molecule has 0 spiro atoms. The number of rotatable bonds is 4. The van der Waals surface area contributed by atoms with Gasteiger partial charge in [0, 0.05) is 11.4 Å². The summed E-state index contributed by atoms with van der Waals surface area (Å²) in [5.74, 6) is 0. The van der Waals surface area contributed by atoms with Gasteiger partial charge in [-0.25, -0.2) is 0 Å². The summed E-state index contributed by atoms with van der Waals surface area (Å²) in [4.78, 5) is 8.25. The fraction of sp³-hybridized carbons (Fsp3) is 0.231. The topological polar surface area (TPSA) is 24.7 Å². The van der Waals surface area contributed by atoms with Gasteiger partial charge in [-0.3, -0.25) is 9.98 Å². The van der Waals surface area contributed by atoms with Gasteiger partial charge < -0.3 is 0 Å². The SMILES string of the molecule is C=N/C(C)=C\C(C)=NCc1ccccc1. The minimum atomic E-state index is 0.716. The van der Waals surface area contributed by atoms with Crippen LogP contribution in [0.5, 0.6) is 0 Å². The molecule has 2 nitrogen and oxygen atoms in total. The predicted molar refractivity (Wildman–Crippen MR) is 66.6 cm³/mol. The van der Waals surface area contributed by atoms with Crippen molar-refractivity contribution in [2.24, 2.45) is 9.98 Å². The van der Waals surface area contributed by atoms with Gasteiger partial charge in [0.05, 0.1) is 6.54 Å². The number of benzene rings is 1. The first-order chi connectivity index (χ1) is 7.22. The van der Waals surface area contributed by atoms with Crippen molar-refractivity contribution in [2.45, 2.75) is 20.4 Å². The van der Waals surface area contributed by atoms with Crippen molar-refractivity contribution in [1.82, 2.24) is 0 Å². The molecule has 0 fully saturated rings. The largest absolute Gasteiger partial charge is 0.285 e. The van der Waals surface area contributed by atoms with Crippen LogP contribution in [0.1, 0.15) is 19.4 Å². The summed E-state index contributed by atoms with van der Waals surface area (Å²) < 4.78 is 0. The van der Waals surface area contributed by atoms with Gasteiger partial charge in [0.2, 0.25) is 0 Å². The van der Waals surface area contributed by atoms with Gasteiger partial charge in [0.1, 0.15) is 0 Å². The molecule has 0 aliphatic rings. The third kappa shape index (κ3) is 4.36. The van der Waals surface area contributed by atoms with E-state index in [1.54, 1.807) is 0 Å². The van der Waals surface area contributed by atoms with Crippen LogP contribution < -0.4 is 0 Å². The molecule has 78 valence electrons. The van der Waals surface area contributed by atoms with E-state index in [-0.39, 0.29) is 0 Å². The Morgan fingerprint density at radius 2 is 1.93 bits per heavy atom.